The molecule has 0 saturated carbocycles. The maximum Gasteiger partial charge on any atom is 0.206 e. The Morgan fingerprint density at radius 3 is 2.85 bits per heavy atom. The van der Waals surface area contributed by atoms with E-state index in [4.69, 9.17) is 12.3 Å². The second kappa shape index (κ2) is 6.93. The van der Waals surface area contributed by atoms with Gasteiger partial charge in [0.25, 0.3) is 0 Å². The number of imidazole rings is 1. The topological polar surface area (TPSA) is 64.3 Å². The van der Waals surface area contributed by atoms with Crippen molar-refractivity contribution >= 4 is 22.7 Å². The number of alkyl halides is 1. The molecule has 0 aliphatic carbocycles. The van der Waals surface area contributed by atoms with Crippen molar-refractivity contribution < 1.29 is 8.78 Å². The highest BCUT2D eigenvalue weighted by Crippen LogP contribution is 2.27. The first-order valence-corrected chi connectivity index (χ1v) is 8.68. The Bertz CT molecular complexity index is 1010. The minimum absolute atomic E-state index is 0.330. The highest BCUT2D eigenvalue weighted by molar-refractivity contribution is 5.79. The van der Waals surface area contributed by atoms with E-state index in [1.165, 1.54) is 18.3 Å². The first-order valence-electron chi connectivity index (χ1n) is 8.68. The van der Waals surface area contributed by atoms with Crippen molar-refractivity contribution in [1.29, 1.82) is 0 Å². The third kappa shape index (κ3) is 3.34. The lowest BCUT2D eigenvalue weighted by molar-refractivity contribution is 0.243. The van der Waals surface area contributed by atoms with Gasteiger partial charge in [-0.3, -0.25) is 4.98 Å². The summed E-state index contributed by atoms with van der Waals surface area (Å²) in [4.78, 5) is 14.2. The summed E-state index contributed by atoms with van der Waals surface area (Å²) in [5, 5.41) is 0. The molecule has 1 aromatic carbocycles. The molecule has 3 heterocycles. The molecule has 0 bridgehead atoms. The summed E-state index contributed by atoms with van der Waals surface area (Å²) in [5.74, 6) is 0.256. The highest BCUT2D eigenvalue weighted by Gasteiger charge is 2.29. The van der Waals surface area contributed by atoms with E-state index in [1.807, 2.05) is 9.47 Å². The van der Waals surface area contributed by atoms with Gasteiger partial charge in [-0.15, -0.1) is 0 Å². The molecule has 27 heavy (non-hydrogen) atoms. The number of anilines is 1. The van der Waals surface area contributed by atoms with E-state index in [1.54, 1.807) is 18.2 Å². The summed E-state index contributed by atoms with van der Waals surface area (Å²) in [6.45, 7) is 8.27. The zero-order valence-electron chi connectivity index (χ0n) is 14.5. The summed E-state index contributed by atoms with van der Waals surface area (Å²) < 4.78 is 29.4. The maximum atomic E-state index is 13.8. The lowest BCUT2D eigenvalue weighted by atomic mass is 10.1. The Kier molecular flexibility index (Phi) is 4.46. The molecular weight excluding hydrogens is 350 g/mol. The lowest BCUT2D eigenvalue weighted by Gasteiger charge is -2.34. The van der Waals surface area contributed by atoms with Crippen LogP contribution in [-0.2, 0) is 6.54 Å². The number of fused-ring (bicyclic) bond motifs is 1. The van der Waals surface area contributed by atoms with E-state index in [2.05, 4.69) is 14.8 Å². The van der Waals surface area contributed by atoms with Crippen LogP contribution in [0.5, 0.6) is 0 Å². The van der Waals surface area contributed by atoms with Gasteiger partial charge in [-0.1, -0.05) is 6.07 Å². The standard InChI is InChI=1S/C19H18F2N6/c1-23-13-3-4-14(24-9-13)10-27-18-5-2-12(20)8-17(18)25-19(27)26-7-6-15(21)16(22)11-26/h2-5,8-9,15-16H,6-7,10-11,22H2/t15-,16-/m1/s1. The second-order valence-electron chi connectivity index (χ2n) is 6.67. The summed E-state index contributed by atoms with van der Waals surface area (Å²) >= 11 is 0. The molecular formula is C19H18F2N6. The first kappa shape index (κ1) is 17.4. The number of hydrogen-bond donors (Lipinski definition) is 1. The third-order valence-corrected chi connectivity index (χ3v) is 4.80. The fraction of sp³-hybridized carbons (Fsp3) is 0.316. The molecule has 138 valence electrons. The van der Waals surface area contributed by atoms with Crippen molar-refractivity contribution in [1.82, 2.24) is 14.5 Å². The van der Waals surface area contributed by atoms with Crippen LogP contribution in [-0.4, -0.2) is 39.8 Å². The van der Waals surface area contributed by atoms with E-state index in [-0.39, 0.29) is 5.82 Å². The molecule has 0 radical (unpaired) electrons. The van der Waals surface area contributed by atoms with Crippen LogP contribution in [0.15, 0.2) is 36.5 Å². The average molecular weight is 368 g/mol. The summed E-state index contributed by atoms with van der Waals surface area (Å²) in [6, 6.07) is 7.35. The van der Waals surface area contributed by atoms with Crippen LogP contribution in [0.25, 0.3) is 15.9 Å². The molecule has 4 rings (SSSR count). The molecule has 1 aliphatic heterocycles. The van der Waals surface area contributed by atoms with Gasteiger partial charge in [0.15, 0.2) is 0 Å². The third-order valence-electron chi connectivity index (χ3n) is 4.80. The van der Waals surface area contributed by atoms with Gasteiger partial charge in [0, 0.05) is 25.4 Å². The normalized spacial score (nSPS) is 20.0. The highest BCUT2D eigenvalue weighted by atomic mass is 19.1. The second-order valence-corrected chi connectivity index (χ2v) is 6.67. The number of nitrogens with two attached hydrogens (primary N) is 1. The predicted octanol–water partition coefficient (Wildman–Crippen LogP) is 3.04. The molecule has 8 heteroatoms. The van der Waals surface area contributed by atoms with Crippen LogP contribution in [0.4, 0.5) is 20.4 Å². The first-order chi connectivity index (χ1) is 13.0. The minimum Gasteiger partial charge on any atom is -0.340 e. The number of hydrogen-bond acceptors (Lipinski definition) is 4. The largest absolute Gasteiger partial charge is 0.340 e. The van der Waals surface area contributed by atoms with Gasteiger partial charge in [-0.2, -0.15) is 0 Å². The van der Waals surface area contributed by atoms with Gasteiger partial charge in [-0.05, 0) is 24.6 Å². The van der Waals surface area contributed by atoms with Crippen LogP contribution in [0.3, 0.4) is 0 Å². The van der Waals surface area contributed by atoms with Crippen molar-refractivity contribution in [3.63, 3.8) is 0 Å². The molecule has 2 atom stereocenters. The number of rotatable bonds is 3. The predicted molar refractivity (Wildman–Crippen MR) is 99.0 cm³/mol. The number of piperidine rings is 1. The van der Waals surface area contributed by atoms with E-state index in [0.717, 1.165) is 11.2 Å². The zero-order valence-corrected chi connectivity index (χ0v) is 14.5. The zero-order chi connectivity index (χ0) is 19.0. The van der Waals surface area contributed by atoms with Crippen LogP contribution in [0, 0.1) is 12.4 Å². The molecule has 3 aromatic rings. The molecule has 2 N–H and O–H groups in total. The van der Waals surface area contributed by atoms with Gasteiger partial charge in [-0.25, -0.2) is 18.6 Å². The summed E-state index contributed by atoms with van der Waals surface area (Å²) in [5.41, 5.74) is 8.41. The Labute approximate surface area is 155 Å². The molecule has 0 unspecified atom stereocenters. The van der Waals surface area contributed by atoms with Crippen molar-refractivity contribution in [2.45, 2.75) is 25.2 Å². The van der Waals surface area contributed by atoms with Crippen LogP contribution >= 0.6 is 0 Å². The van der Waals surface area contributed by atoms with Crippen molar-refractivity contribution in [2.24, 2.45) is 5.73 Å². The van der Waals surface area contributed by atoms with Gasteiger partial charge in [0.1, 0.15) is 12.0 Å². The number of nitrogens with zero attached hydrogens (tertiary/aromatic N) is 5. The fourth-order valence-electron chi connectivity index (χ4n) is 3.36. The van der Waals surface area contributed by atoms with Crippen molar-refractivity contribution in [3.05, 3.63) is 59.5 Å². The SMILES string of the molecule is [C-]#[N+]c1ccc(Cn2c(N3CC[C@@H](F)[C@H](N)C3)nc3cc(F)ccc32)nc1. The van der Waals surface area contributed by atoms with E-state index in [0.29, 0.717) is 43.2 Å². The van der Waals surface area contributed by atoms with Crippen molar-refractivity contribution in [2.75, 3.05) is 18.0 Å². The fourth-order valence-corrected chi connectivity index (χ4v) is 3.36. The number of halogens is 2. The van der Waals surface area contributed by atoms with Crippen molar-refractivity contribution in [3.8, 4) is 0 Å². The number of benzene rings is 1. The molecule has 1 aliphatic rings. The molecule has 1 saturated heterocycles. The molecule has 1 fully saturated rings. The van der Waals surface area contributed by atoms with Gasteiger partial charge in [0.2, 0.25) is 11.6 Å². The van der Waals surface area contributed by atoms with Crippen LogP contribution < -0.4 is 10.6 Å². The Morgan fingerprint density at radius 2 is 2.15 bits per heavy atom. The molecule has 2 aromatic heterocycles. The smallest absolute Gasteiger partial charge is 0.206 e. The average Bonchev–Trinajstić information content (AvgIpc) is 3.02. The van der Waals surface area contributed by atoms with E-state index >= 15 is 0 Å². The van der Waals surface area contributed by atoms with Crippen LogP contribution in [0.2, 0.25) is 0 Å². The maximum absolute atomic E-state index is 13.8. The van der Waals surface area contributed by atoms with Gasteiger partial charge in [0.05, 0.1) is 35.9 Å². The summed E-state index contributed by atoms with van der Waals surface area (Å²) in [7, 11) is 0. The van der Waals surface area contributed by atoms with E-state index in [9.17, 15) is 8.78 Å². The van der Waals surface area contributed by atoms with E-state index < -0.39 is 12.2 Å². The van der Waals surface area contributed by atoms with Gasteiger partial charge >= 0.3 is 0 Å². The number of pyridine rings is 1. The van der Waals surface area contributed by atoms with Crippen LogP contribution in [0.1, 0.15) is 12.1 Å². The molecule has 0 spiro atoms. The summed E-state index contributed by atoms with van der Waals surface area (Å²) in [6.07, 6.45) is 0.821. The monoisotopic (exact) mass is 368 g/mol. The minimum atomic E-state index is -1.03. The molecule has 0 amide bonds. The Balaban J connectivity index is 1.75. The number of aromatic nitrogens is 3. The Morgan fingerprint density at radius 1 is 1.30 bits per heavy atom. The molecule has 6 nitrogen and oxygen atoms in total. The lowest BCUT2D eigenvalue weighted by Crippen LogP contribution is -2.50. The Hall–Kier alpha value is -3.05. The quantitative estimate of drug-likeness (QED) is 0.722. The van der Waals surface area contributed by atoms with Gasteiger partial charge < -0.3 is 15.2 Å².